The summed E-state index contributed by atoms with van der Waals surface area (Å²) in [6.07, 6.45) is 3.70. The highest BCUT2D eigenvalue weighted by atomic mass is 35.5. The Kier molecular flexibility index (Phi) is 3.76. The molecule has 1 unspecified atom stereocenters. The number of hydrogen-bond acceptors (Lipinski definition) is 3. The maximum absolute atomic E-state index is 10.8. The van der Waals surface area contributed by atoms with E-state index in [-0.39, 0.29) is 6.04 Å². The lowest BCUT2D eigenvalue weighted by Gasteiger charge is -2.28. The second kappa shape index (κ2) is 4.96. The summed E-state index contributed by atoms with van der Waals surface area (Å²) in [7, 11) is 0. The predicted molar refractivity (Wildman–Crippen MR) is 66.2 cm³/mol. The monoisotopic (exact) mass is 258 g/mol. The predicted octanol–water partition coefficient (Wildman–Crippen LogP) is 2.51. The summed E-state index contributed by atoms with van der Waals surface area (Å²) < 4.78 is 7.21. The zero-order chi connectivity index (χ0) is 12.5. The van der Waals surface area contributed by atoms with Crippen molar-refractivity contribution in [3.05, 3.63) is 16.9 Å². The zero-order valence-electron chi connectivity index (χ0n) is 10.3. The molecule has 1 N–H and O–H groups in total. The van der Waals surface area contributed by atoms with Crippen molar-refractivity contribution in [2.75, 3.05) is 13.2 Å². The molecule has 0 spiro atoms. The van der Waals surface area contributed by atoms with Crippen molar-refractivity contribution in [1.82, 2.24) is 9.78 Å². The molecule has 1 atom stereocenters. The van der Waals surface area contributed by atoms with Crippen LogP contribution in [0.4, 0.5) is 0 Å². The molecule has 5 heteroatoms. The van der Waals surface area contributed by atoms with Crippen LogP contribution in [0.3, 0.4) is 0 Å². The summed E-state index contributed by atoms with van der Waals surface area (Å²) in [5, 5.41) is 15.6. The Hall–Kier alpha value is -0.580. The number of rotatable bonds is 2. The van der Waals surface area contributed by atoms with Crippen LogP contribution in [0.5, 0.6) is 0 Å². The van der Waals surface area contributed by atoms with E-state index in [1.807, 2.05) is 18.5 Å². The normalized spacial score (nSPS) is 26.2. The molecule has 4 nitrogen and oxygen atoms in total. The van der Waals surface area contributed by atoms with E-state index in [1.165, 1.54) is 0 Å². The first-order valence-corrected chi connectivity index (χ1v) is 6.46. The van der Waals surface area contributed by atoms with E-state index >= 15 is 0 Å². The van der Waals surface area contributed by atoms with Gasteiger partial charge in [-0.1, -0.05) is 11.6 Å². The second-order valence-electron chi connectivity index (χ2n) is 4.88. The maximum atomic E-state index is 10.8. The highest BCUT2D eigenvalue weighted by Crippen LogP contribution is 2.37. The highest BCUT2D eigenvalue weighted by molar-refractivity contribution is 6.31. The van der Waals surface area contributed by atoms with Crippen LogP contribution in [-0.4, -0.2) is 28.1 Å². The van der Waals surface area contributed by atoms with Gasteiger partial charge in [0.2, 0.25) is 0 Å². The van der Waals surface area contributed by atoms with Gasteiger partial charge in [-0.05, 0) is 26.7 Å². The third-order valence-electron chi connectivity index (χ3n) is 3.22. The first-order valence-electron chi connectivity index (χ1n) is 6.08. The number of nitrogens with zero attached hydrogens (tertiary/aromatic N) is 2. The van der Waals surface area contributed by atoms with Gasteiger partial charge < -0.3 is 9.84 Å². The van der Waals surface area contributed by atoms with Gasteiger partial charge in [-0.25, -0.2) is 0 Å². The minimum atomic E-state index is -0.908. The fourth-order valence-electron chi connectivity index (χ4n) is 2.34. The number of hydrogen-bond donors (Lipinski definition) is 1. The largest absolute Gasteiger partial charge is 0.383 e. The van der Waals surface area contributed by atoms with E-state index in [2.05, 4.69) is 5.10 Å². The quantitative estimate of drug-likeness (QED) is 0.887. The lowest BCUT2D eigenvalue weighted by molar-refractivity contribution is 0.00536. The molecule has 96 valence electrons. The molecule has 0 amide bonds. The third-order valence-corrected chi connectivity index (χ3v) is 3.50. The first kappa shape index (κ1) is 12.9. The molecule has 1 saturated heterocycles. The topological polar surface area (TPSA) is 47.3 Å². The van der Waals surface area contributed by atoms with Gasteiger partial charge in [-0.15, -0.1) is 0 Å². The Morgan fingerprint density at radius 3 is 2.94 bits per heavy atom. The van der Waals surface area contributed by atoms with Crippen LogP contribution in [0.1, 0.15) is 44.8 Å². The van der Waals surface area contributed by atoms with Gasteiger partial charge in [-0.2, -0.15) is 5.10 Å². The van der Waals surface area contributed by atoms with Crippen molar-refractivity contribution in [3.8, 4) is 0 Å². The molecule has 1 fully saturated rings. The van der Waals surface area contributed by atoms with Gasteiger partial charge in [0.1, 0.15) is 5.60 Å². The fraction of sp³-hybridized carbons (Fsp3) is 0.750. The highest BCUT2D eigenvalue weighted by Gasteiger charge is 2.36. The van der Waals surface area contributed by atoms with Gasteiger partial charge in [0, 0.05) is 25.7 Å². The molecule has 1 aliphatic rings. The lowest BCUT2D eigenvalue weighted by atomic mass is 9.91. The van der Waals surface area contributed by atoms with Crippen molar-refractivity contribution in [1.29, 1.82) is 0 Å². The van der Waals surface area contributed by atoms with Gasteiger partial charge in [-0.3, -0.25) is 4.68 Å². The molecule has 0 aliphatic carbocycles. The summed E-state index contributed by atoms with van der Waals surface area (Å²) >= 11 is 6.18. The summed E-state index contributed by atoms with van der Waals surface area (Å²) in [6.45, 7) is 5.33. The van der Waals surface area contributed by atoms with Crippen molar-refractivity contribution in [2.45, 2.75) is 44.8 Å². The minimum absolute atomic E-state index is 0.186. The molecule has 0 radical (unpaired) electrons. The molecular formula is C12H19ClN2O2. The molecular weight excluding hydrogens is 240 g/mol. The molecule has 1 aliphatic heterocycles. The smallest absolute Gasteiger partial charge is 0.110 e. The van der Waals surface area contributed by atoms with E-state index in [9.17, 15) is 5.11 Å². The molecule has 1 aromatic rings. The Labute approximate surface area is 107 Å². The Morgan fingerprint density at radius 1 is 1.47 bits per heavy atom. The number of aliphatic hydroxyl groups is 1. The van der Waals surface area contributed by atoms with E-state index < -0.39 is 5.60 Å². The van der Waals surface area contributed by atoms with Gasteiger partial charge >= 0.3 is 0 Å². The summed E-state index contributed by atoms with van der Waals surface area (Å²) in [5.41, 5.74) is -0.173. The minimum Gasteiger partial charge on any atom is -0.383 e. The Bertz CT molecular complexity index is 382. The Balaban J connectivity index is 2.39. The fourth-order valence-corrected chi connectivity index (χ4v) is 2.65. The standard InChI is InChI=1S/C12H19ClN2O2/c1-9(2)15-11(10(13)8-14-15)12(16)4-3-6-17-7-5-12/h8-9,16H,3-7H2,1-2H3. The second-order valence-corrected chi connectivity index (χ2v) is 5.28. The van der Waals surface area contributed by atoms with Crippen LogP contribution in [-0.2, 0) is 10.3 Å². The maximum Gasteiger partial charge on any atom is 0.110 e. The van der Waals surface area contributed by atoms with Crippen molar-refractivity contribution >= 4 is 11.6 Å². The zero-order valence-corrected chi connectivity index (χ0v) is 11.1. The van der Waals surface area contributed by atoms with Crippen molar-refractivity contribution in [2.24, 2.45) is 0 Å². The average Bonchev–Trinajstić information content (AvgIpc) is 2.53. The number of ether oxygens (including phenoxy) is 1. The number of halogens is 1. The summed E-state index contributed by atoms with van der Waals surface area (Å²) in [4.78, 5) is 0. The Morgan fingerprint density at radius 2 is 2.24 bits per heavy atom. The SMILES string of the molecule is CC(C)n1ncc(Cl)c1C1(O)CCCOCC1. The van der Waals surface area contributed by atoms with Crippen LogP contribution >= 0.6 is 11.6 Å². The molecule has 2 rings (SSSR count). The lowest BCUT2D eigenvalue weighted by Crippen LogP contribution is -2.30. The molecule has 17 heavy (non-hydrogen) atoms. The number of aromatic nitrogens is 2. The van der Waals surface area contributed by atoms with E-state index in [0.29, 0.717) is 31.1 Å². The molecule has 0 saturated carbocycles. The van der Waals surface area contributed by atoms with Crippen LogP contribution < -0.4 is 0 Å². The van der Waals surface area contributed by atoms with Crippen molar-refractivity contribution in [3.63, 3.8) is 0 Å². The van der Waals surface area contributed by atoms with Gasteiger partial charge in [0.05, 0.1) is 16.9 Å². The van der Waals surface area contributed by atoms with E-state index in [0.717, 1.165) is 12.1 Å². The van der Waals surface area contributed by atoms with Crippen LogP contribution in [0.2, 0.25) is 5.02 Å². The van der Waals surface area contributed by atoms with Gasteiger partial charge in [0.25, 0.3) is 0 Å². The third kappa shape index (κ3) is 2.49. The molecule has 0 bridgehead atoms. The average molecular weight is 259 g/mol. The molecule has 1 aromatic heterocycles. The summed E-state index contributed by atoms with van der Waals surface area (Å²) in [6, 6.07) is 0.186. The molecule has 2 heterocycles. The molecule has 0 aromatic carbocycles. The van der Waals surface area contributed by atoms with E-state index in [1.54, 1.807) is 6.20 Å². The van der Waals surface area contributed by atoms with Gasteiger partial charge in [0.15, 0.2) is 0 Å². The van der Waals surface area contributed by atoms with Crippen LogP contribution in [0, 0.1) is 0 Å². The first-order chi connectivity index (χ1) is 8.04. The summed E-state index contributed by atoms with van der Waals surface area (Å²) in [5.74, 6) is 0. The van der Waals surface area contributed by atoms with Crippen LogP contribution in [0.15, 0.2) is 6.20 Å². The van der Waals surface area contributed by atoms with Crippen molar-refractivity contribution < 1.29 is 9.84 Å². The van der Waals surface area contributed by atoms with E-state index in [4.69, 9.17) is 16.3 Å². The van der Waals surface area contributed by atoms with Crippen LogP contribution in [0.25, 0.3) is 0 Å².